The Morgan fingerprint density at radius 3 is 3.15 bits per heavy atom. The second-order valence-electron chi connectivity index (χ2n) is 5.32. The molecule has 5 nitrogen and oxygen atoms in total. The largest absolute Gasteiger partial charge is 0.337 e. The van der Waals surface area contributed by atoms with E-state index in [1.807, 2.05) is 29.8 Å². The first kappa shape index (κ1) is 12.7. The molecule has 20 heavy (non-hydrogen) atoms. The molecule has 1 amide bonds. The number of carbonyl (C=O) groups is 1. The number of benzene rings is 1. The summed E-state index contributed by atoms with van der Waals surface area (Å²) in [5.41, 5.74) is 3.07. The lowest BCUT2D eigenvalue weighted by Gasteiger charge is -2.29. The molecule has 0 N–H and O–H groups in total. The predicted molar refractivity (Wildman–Crippen MR) is 74.5 cm³/mol. The van der Waals surface area contributed by atoms with E-state index in [1.54, 1.807) is 11.2 Å². The van der Waals surface area contributed by atoms with Crippen LogP contribution >= 0.6 is 0 Å². The lowest BCUT2D eigenvalue weighted by Crippen LogP contribution is -2.38. The average molecular weight is 268 g/mol. The quantitative estimate of drug-likeness (QED) is 0.834. The second kappa shape index (κ2) is 4.97. The van der Waals surface area contributed by atoms with Gasteiger partial charge in [0.15, 0.2) is 0 Å². The number of hydrogen-bond donors (Lipinski definition) is 0. The van der Waals surface area contributed by atoms with E-state index in [-0.39, 0.29) is 11.8 Å². The van der Waals surface area contributed by atoms with Crippen molar-refractivity contribution in [3.63, 3.8) is 0 Å². The van der Waals surface area contributed by atoms with Gasteiger partial charge in [0.1, 0.15) is 0 Å². The number of nitriles is 1. The van der Waals surface area contributed by atoms with Gasteiger partial charge in [0.05, 0.1) is 29.3 Å². The summed E-state index contributed by atoms with van der Waals surface area (Å²) in [5.74, 6) is 0.101. The van der Waals surface area contributed by atoms with E-state index in [1.165, 1.54) is 0 Å². The third-order valence-electron chi connectivity index (χ3n) is 3.85. The first-order valence-corrected chi connectivity index (χ1v) is 6.74. The monoisotopic (exact) mass is 268 g/mol. The summed E-state index contributed by atoms with van der Waals surface area (Å²) in [6.45, 7) is 1.10. The summed E-state index contributed by atoms with van der Waals surface area (Å²) >= 11 is 0. The van der Waals surface area contributed by atoms with Crippen molar-refractivity contribution in [3.05, 3.63) is 30.1 Å². The van der Waals surface area contributed by atoms with Crippen LogP contribution in [-0.2, 0) is 18.4 Å². The molecule has 2 aromatic rings. The van der Waals surface area contributed by atoms with Gasteiger partial charge >= 0.3 is 0 Å². The molecule has 1 atom stereocenters. The van der Waals surface area contributed by atoms with E-state index < -0.39 is 0 Å². The van der Waals surface area contributed by atoms with Crippen LogP contribution in [0.5, 0.6) is 0 Å². The van der Waals surface area contributed by atoms with Crippen LogP contribution in [0, 0.1) is 17.2 Å². The van der Waals surface area contributed by atoms with E-state index >= 15 is 0 Å². The zero-order valence-corrected chi connectivity index (χ0v) is 11.4. The number of aromatic nitrogens is 2. The van der Waals surface area contributed by atoms with Crippen LogP contribution in [0.2, 0.25) is 0 Å². The fraction of sp³-hybridized carbons (Fsp3) is 0.400. The molecule has 5 heteroatoms. The summed E-state index contributed by atoms with van der Waals surface area (Å²) in [6, 6.07) is 8.32. The topological polar surface area (TPSA) is 61.9 Å². The Hall–Kier alpha value is -2.35. The SMILES string of the molecule is Cn1cnc2cc(CN3CC(C#N)CCC3=O)ccc21. The fourth-order valence-corrected chi connectivity index (χ4v) is 2.67. The van der Waals surface area contributed by atoms with E-state index in [0.717, 1.165) is 16.6 Å². The molecule has 0 radical (unpaired) electrons. The van der Waals surface area contributed by atoms with Crippen LogP contribution in [0.4, 0.5) is 0 Å². The van der Waals surface area contributed by atoms with Crippen molar-refractivity contribution in [1.29, 1.82) is 5.26 Å². The number of rotatable bonds is 2. The normalized spacial score (nSPS) is 19.3. The molecular weight excluding hydrogens is 252 g/mol. The molecule has 102 valence electrons. The Kier molecular flexibility index (Phi) is 3.15. The predicted octanol–water partition coefficient (Wildman–Crippen LogP) is 1.84. The number of amides is 1. The van der Waals surface area contributed by atoms with Crippen LogP contribution in [0.15, 0.2) is 24.5 Å². The summed E-state index contributed by atoms with van der Waals surface area (Å²) in [4.78, 5) is 18.0. The average Bonchev–Trinajstić information content (AvgIpc) is 2.82. The highest BCUT2D eigenvalue weighted by Gasteiger charge is 2.25. The van der Waals surface area contributed by atoms with E-state index in [0.29, 0.717) is 25.9 Å². The highest BCUT2D eigenvalue weighted by Crippen LogP contribution is 2.21. The first-order chi connectivity index (χ1) is 9.67. The zero-order chi connectivity index (χ0) is 14.1. The first-order valence-electron chi connectivity index (χ1n) is 6.74. The molecule has 0 bridgehead atoms. The van der Waals surface area contributed by atoms with Gasteiger partial charge in [-0.25, -0.2) is 4.98 Å². The van der Waals surface area contributed by atoms with Crippen LogP contribution < -0.4 is 0 Å². The van der Waals surface area contributed by atoms with Crippen molar-refractivity contribution in [2.45, 2.75) is 19.4 Å². The van der Waals surface area contributed by atoms with E-state index in [2.05, 4.69) is 11.1 Å². The van der Waals surface area contributed by atoms with Gasteiger partial charge in [0, 0.05) is 26.6 Å². The highest BCUT2D eigenvalue weighted by atomic mass is 16.2. The molecule has 0 saturated carbocycles. The van der Waals surface area contributed by atoms with Gasteiger partial charge in [0.2, 0.25) is 5.91 Å². The molecule has 2 heterocycles. The highest BCUT2D eigenvalue weighted by molar-refractivity contribution is 5.78. The molecule has 1 unspecified atom stereocenters. The van der Waals surface area contributed by atoms with Crippen molar-refractivity contribution in [2.75, 3.05) is 6.54 Å². The zero-order valence-electron chi connectivity index (χ0n) is 11.4. The van der Waals surface area contributed by atoms with Crippen molar-refractivity contribution < 1.29 is 4.79 Å². The number of nitrogens with zero attached hydrogens (tertiary/aromatic N) is 4. The Bertz CT molecular complexity index is 697. The minimum absolute atomic E-state index is 0.0359. The van der Waals surface area contributed by atoms with E-state index in [9.17, 15) is 4.79 Å². The van der Waals surface area contributed by atoms with Crippen LogP contribution in [0.1, 0.15) is 18.4 Å². The summed E-state index contributed by atoms with van der Waals surface area (Å²) in [6.07, 6.45) is 2.95. The lowest BCUT2D eigenvalue weighted by molar-refractivity contribution is -0.134. The molecular formula is C15H16N4O. The number of fused-ring (bicyclic) bond motifs is 1. The number of hydrogen-bond acceptors (Lipinski definition) is 3. The number of carbonyl (C=O) groups excluding carboxylic acids is 1. The van der Waals surface area contributed by atoms with Gasteiger partial charge in [-0.1, -0.05) is 6.07 Å². The van der Waals surface area contributed by atoms with Gasteiger partial charge in [-0.05, 0) is 24.1 Å². The summed E-state index contributed by atoms with van der Waals surface area (Å²) in [5, 5.41) is 9.00. The minimum atomic E-state index is -0.0359. The number of piperidine rings is 1. The standard InChI is InChI=1S/C15H16N4O/c1-18-10-17-13-6-11(2-4-14(13)18)8-19-9-12(7-16)3-5-15(19)20/h2,4,6,10,12H,3,5,8-9H2,1H3. The number of imidazole rings is 1. The van der Waals surface area contributed by atoms with Crippen molar-refractivity contribution >= 4 is 16.9 Å². The second-order valence-corrected chi connectivity index (χ2v) is 5.32. The molecule has 1 aromatic carbocycles. The van der Waals surface area contributed by atoms with Crippen LogP contribution in [0.25, 0.3) is 11.0 Å². The molecule has 1 fully saturated rings. The van der Waals surface area contributed by atoms with Gasteiger partial charge in [0.25, 0.3) is 0 Å². The molecule has 1 aromatic heterocycles. The van der Waals surface area contributed by atoms with Gasteiger partial charge in [-0.3, -0.25) is 4.79 Å². The minimum Gasteiger partial charge on any atom is -0.337 e. The third kappa shape index (κ3) is 2.25. The van der Waals surface area contributed by atoms with E-state index in [4.69, 9.17) is 5.26 Å². The van der Waals surface area contributed by atoms with Gasteiger partial charge in [-0.2, -0.15) is 5.26 Å². The molecule has 0 aliphatic carbocycles. The summed E-state index contributed by atoms with van der Waals surface area (Å²) in [7, 11) is 1.96. The number of aryl methyl sites for hydroxylation is 1. The molecule has 1 aliphatic heterocycles. The Morgan fingerprint density at radius 1 is 1.50 bits per heavy atom. The molecule has 3 rings (SSSR count). The van der Waals surface area contributed by atoms with Crippen molar-refractivity contribution in [1.82, 2.24) is 14.5 Å². The Labute approximate surface area is 117 Å². The maximum Gasteiger partial charge on any atom is 0.222 e. The summed E-state index contributed by atoms with van der Waals surface area (Å²) < 4.78 is 1.97. The van der Waals surface area contributed by atoms with Crippen LogP contribution in [0.3, 0.4) is 0 Å². The maximum atomic E-state index is 11.9. The van der Waals surface area contributed by atoms with Gasteiger partial charge < -0.3 is 9.47 Å². The molecule has 0 spiro atoms. The molecule has 1 aliphatic rings. The maximum absolute atomic E-state index is 11.9. The third-order valence-corrected chi connectivity index (χ3v) is 3.85. The smallest absolute Gasteiger partial charge is 0.222 e. The van der Waals surface area contributed by atoms with Crippen molar-refractivity contribution in [2.24, 2.45) is 13.0 Å². The Balaban J connectivity index is 1.81. The van der Waals surface area contributed by atoms with Crippen LogP contribution in [-0.4, -0.2) is 26.9 Å². The van der Waals surface area contributed by atoms with Gasteiger partial charge in [-0.15, -0.1) is 0 Å². The fourth-order valence-electron chi connectivity index (χ4n) is 2.67. The van der Waals surface area contributed by atoms with Crippen molar-refractivity contribution in [3.8, 4) is 6.07 Å². The number of likely N-dealkylation sites (tertiary alicyclic amines) is 1. The Morgan fingerprint density at radius 2 is 2.35 bits per heavy atom. The molecule has 1 saturated heterocycles. The lowest BCUT2D eigenvalue weighted by atomic mass is 9.98.